The molecule has 0 radical (unpaired) electrons. The largest absolute Gasteiger partial charge is 0.422 e. The first kappa shape index (κ1) is 24.5. The van der Waals surface area contributed by atoms with Crippen LogP contribution in [0.2, 0.25) is 0 Å². The Morgan fingerprint density at radius 1 is 1.05 bits per heavy atom. The number of fused-ring (bicyclic) bond motifs is 4. The number of tetrazole rings is 1. The van der Waals surface area contributed by atoms with Gasteiger partial charge in [-0.15, -0.1) is 10.2 Å². The summed E-state index contributed by atoms with van der Waals surface area (Å²) in [5.74, 6) is 0.993. The minimum atomic E-state index is -0.379. The van der Waals surface area contributed by atoms with Gasteiger partial charge in [0.2, 0.25) is 10.3 Å². The molecular formula is C25H23N9O2S2. The van der Waals surface area contributed by atoms with E-state index in [1.165, 1.54) is 29.6 Å². The standard InChI is InChI=1S/C25H23N9O2S2/c1-15-12-20(38-25-28-30-31-33(25)11-10-32(2)3)34-23(26-15)27-24(29-34)37-14-17-13-21(35)36-22-18-7-5-4-6-16(18)8-9-19(17)22/h4-9,12-13H,10-11,14H2,1-3H3. The Labute approximate surface area is 225 Å². The van der Waals surface area contributed by atoms with Crippen molar-refractivity contribution in [2.24, 2.45) is 0 Å². The Hall–Kier alpha value is -3.81. The van der Waals surface area contributed by atoms with Gasteiger partial charge in [0.05, 0.1) is 6.54 Å². The smallest absolute Gasteiger partial charge is 0.336 e. The molecule has 0 spiro atoms. The van der Waals surface area contributed by atoms with Gasteiger partial charge in [0, 0.05) is 34.8 Å². The third kappa shape index (κ3) is 4.87. The number of aryl methyl sites for hydroxylation is 1. The number of nitrogens with zero attached hydrogens (tertiary/aromatic N) is 9. The molecule has 0 aliphatic heterocycles. The van der Waals surface area contributed by atoms with Crippen LogP contribution in [-0.4, -0.2) is 65.3 Å². The van der Waals surface area contributed by atoms with Crippen LogP contribution >= 0.6 is 23.5 Å². The SMILES string of the molecule is Cc1cc(Sc2nnnn2CCN(C)C)n2nc(SCc3cc(=O)oc4c3ccc3ccccc34)nc2n1. The van der Waals surface area contributed by atoms with Crippen molar-refractivity contribution >= 4 is 51.0 Å². The van der Waals surface area contributed by atoms with Crippen LogP contribution in [0.15, 0.2) is 73.1 Å². The second kappa shape index (κ2) is 10.2. The number of thioether (sulfide) groups is 1. The van der Waals surface area contributed by atoms with E-state index in [9.17, 15) is 4.79 Å². The van der Waals surface area contributed by atoms with Crippen LogP contribution in [0.3, 0.4) is 0 Å². The topological polar surface area (TPSA) is 120 Å². The summed E-state index contributed by atoms with van der Waals surface area (Å²) in [7, 11) is 4.02. The van der Waals surface area contributed by atoms with Crippen LogP contribution in [0.4, 0.5) is 0 Å². The molecule has 0 N–H and O–H groups in total. The summed E-state index contributed by atoms with van der Waals surface area (Å²) in [6, 6.07) is 15.4. The quantitative estimate of drug-likeness (QED) is 0.121. The van der Waals surface area contributed by atoms with Crippen molar-refractivity contribution in [3.05, 3.63) is 70.2 Å². The Morgan fingerprint density at radius 3 is 2.79 bits per heavy atom. The van der Waals surface area contributed by atoms with Gasteiger partial charge in [-0.25, -0.2) is 14.5 Å². The van der Waals surface area contributed by atoms with E-state index >= 15 is 0 Å². The van der Waals surface area contributed by atoms with Gasteiger partial charge in [-0.1, -0.05) is 48.2 Å². The van der Waals surface area contributed by atoms with Crippen LogP contribution in [0.5, 0.6) is 0 Å². The second-order valence-corrected chi connectivity index (χ2v) is 10.9. The molecule has 0 saturated heterocycles. The molecule has 0 bridgehead atoms. The molecule has 0 amide bonds. The van der Waals surface area contributed by atoms with E-state index in [1.54, 1.807) is 9.20 Å². The number of hydrogen-bond acceptors (Lipinski definition) is 11. The summed E-state index contributed by atoms with van der Waals surface area (Å²) in [5, 5.41) is 21.7. The Kier molecular flexibility index (Phi) is 6.55. The molecule has 0 fully saturated rings. The van der Waals surface area contributed by atoms with Crippen LogP contribution in [0, 0.1) is 6.92 Å². The van der Waals surface area contributed by atoms with E-state index in [-0.39, 0.29) is 5.63 Å². The molecule has 6 aromatic rings. The molecule has 6 rings (SSSR count). The zero-order chi connectivity index (χ0) is 26.2. The lowest BCUT2D eigenvalue weighted by atomic mass is 10.0. The van der Waals surface area contributed by atoms with Crippen molar-refractivity contribution in [1.29, 1.82) is 0 Å². The molecule has 192 valence electrons. The molecule has 0 atom stereocenters. The Balaban J connectivity index is 1.30. The van der Waals surface area contributed by atoms with E-state index in [2.05, 4.69) is 30.4 Å². The summed E-state index contributed by atoms with van der Waals surface area (Å²) in [6.07, 6.45) is 0. The van der Waals surface area contributed by atoms with Gasteiger partial charge in [0.15, 0.2) is 0 Å². The summed E-state index contributed by atoms with van der Waals surface area (Å²) in [4.78, 5) is 23.7. The number of aromatic nitrogens is 8. The molecule has 0 aliphatic rings. The summed E-state index contributed by atoms with van der Waals surface area (Å²) in [6.45, 7) is 3.40. The second-order valence-electron chi connectivity index (χ2n) is 8.97. The number of hydrogen-bond donors (Lipinski definition) is 0. The number of rotatable bonds is 8. The monoisotopic (exact) mass is 545 g/mol. The van der Waals surface area contributed by atoms with E-state index in [0.717, 1.165) is 39.0 Å². The zero-order valence-electron chi connectivity index (χ0n) is 20.9. The van der Waals surface area contributed by atoms with Crippen molar-refractivity contribution in [1.82, 2.24) is 44.7 Å². The maximum atomic E-state index is 12.4. The molecule has 0 saturated carbocycles. The van der Waals surface area contributed by atoms with E-state index in [0.29, 0.717) is 34.0 Å². The maximum Gasteiger partial charge on any atom is 0.336 e. The van der Waals surface area contributed by atoms with Gasteiger partial charge in [-0.3, -0.25) is 0 Å². The van der Waals surface area contributed by atoms with Gasteiger partial charge >= 0.3 is 5.63 Å². The molecular weight excluding hydrogens is 522 g/mol. The van der Waals surface area contributed by atoms with Gasteiger partial charge in [0.1, 0.15) is 10.6 Å². The summed E-state index contributed by atoms with van der Waals surface area (Å²) in [5.41, 5.74) is 1.90. The van der Waals surface area contributed by atoms with Crippen molar-refractivity contribution in [3.8, 4) is 0 Å². The number of likely N-dealkylation sites (N-methyl/N-ethyl adjacent to an activating group) is 1. The minimum absolute atomic E-state index is 0.379. The molecule has 11 nitrogen and oxygen atoms in total. The van der Waals surface area contributed by atoms with Gasteiger partial charge in [-0.2, -0.15) is 9.50 Å². The fourth-order valence-electron chi connectivity index (χ4n) is 4.09. The van der Waals surface area contributed by atoms with E-state index < -0.39 is 0 Å². The van der Waals surface area contributed by atoms with Gasteiger partial charge in [0.25, 0.3) is 5.78 Å². The maximum absolute atomic E-state index is 12.4. The highest BCUT2D eigenvalue weighted by Gasteiger charge is 2.16. The average molecular weight is 546 g/mol. The van der Waals surface area contributed by atoms with Crippen LogP contribution < -0.4 is 5.63 Å². The van der Waals surface area contributed by atoms with Crippen molar-refractivity contribution in [2.45, 2.75) is 34.6 Å². The van der Waals surface area contributed by atoms with Crippen molar-refractivity contribution < 1.29 is 4.42 Å². The highest BCUT2D eigenvalue weighted by molar-refractivity contribution is 7.99. The van der Waals surface area contributed by atoms with Crippen molar-refractivity contribution in [3.63, 3.8) is 0 Å². The summed E-state index contributed by atoms with van der Waals surface area (Å²) < 4.78 is 9.08. The highest BCUT2D eigenvalue weighted by atomic mass is 32.2. The fraction of sp³-hybridized carbons (Fsp3) is 0.240. The number of benzene rings is 2. The molecule has 4 heterocycles. The van der Waals surface area contributed by atoms with Gasteiger partial charge in [-0.05, 0) is 60.2 Å². The molecule has 38 heavy (non-hydrogen) atoms. The minimum Gasteiger partial charge on any atom is -0.422 e. The summed E-state index contributed by atoms with van der Waals surface area (Å²) >= 11 is 2.86. The van der Waals surface area contributed by atoms with Crippen LogP contribution in [0.25, 0.3) is 27.5 Å². The van der Waals surface area contributed by atoms with Crippen LogP contribution in [0.1, 0.15) is 11.3 Å². The first-order valence-electron chi connectivity index (χ1n) is 11.8. The molecule has 0 unspecified atom stereocenters. The Bertz CT molecular complexity index is 1840. The predicted molar refractivity (Wildman–Crippen MR) is 146 cm³/mol. The molecule has 13 heteroatoms. The lowest BCUT2D eigenvalue weighted by molar-refractivity contribution is 0.361. The van der Waals surface area contributed by atoms with E-state index in [4.69, 9.17) is 9.52 Å². The highest BCUT2D eigenvalue weighted by Crippen LogP contribution is 2.31. The third-order valence-electron chi connectivity index (χ3n) is 5.92. The lowest BCUT2D eigenvalue weighted by Crippen LogP contribution is -2.19. The molecule has 4 aromatic heterocycles. The molecule has 0 aliphatic carbocycles. The van der Waals surface area contributed by atoms with Crippen LogP contribution in [-0.2, 0) is 12.3 Å². The first-order valence-corrected chi connectivity index (χ1v) is 13.7. The zero-order valence-corrected chi connectivity index (χ0v) is 22.5. The fourth-order valence-corrected chi connectivity index (χ4v) is 5.83. The normalized spacial score (nSPS) is 11.9. The van der Waals surface area contributed by atoms with Crippen molar-refractivity contribution in [2.75, 3.05) is 20.6 Å². The average Bonchev–Trinajstić information content (AvgIpc) is 3.52. The van der Waals surface area contributed by atoms with E-state index in [1.807, 2.05) is 63.5 Å². The Morgan fingerprint density at radius 2 is 1.92 bits per heavy atom. The molecule has 2 aromatic carbocycles. The first-order chi connectivity index (χ1) is 18.4. The van der Waals surface area contributed by atoms with Gasteiger partial charge < -0.3 is 9.32 Å². The third-order valence-corrected chi connectivity index (χ3v) is 7.78. The lowest BCUT2D eigenvalue weighted by Gasteiger charge is -2.10. The predicted octanol–water partition coefficient (Wildman–Crippen LogP) is 3.68.